The van der Waals surface area contributed by atoms with E-state index < -0.39 is 5.41 Å². The van der Waals surface area contributed by atoms with Crippen LogP contribution in [0.5, 0.6) is 0 Å². The van der Waals surface area contributed by atoms with Crippen LogP contribution in [0.1, 0.15) is 27.2 Å². The Morgan fingerprint density at radius 1 is 1.73 bits per heavy atom. The maximum atomic E-state index is 12.1. The molecule has 1 aliphatic rings. The third-order valence-corrected chi connectivity index (χ3v) is 3.05. The van der Waals surface area contributed by atoms with Gasteiger partial charge in [0.2, 0.25) is 5.91 Å². The van der Waals surface area contributed by atoms with Crippen molar-refractivity contribution in [3.05, 3.63) is 0 Å². The minimum absolute atomic E-state index is 0.0664. The Kier molecular flexibility index (Phi) is 3.70. The van der Waals surface area contributed by atoms with E-state index in [1.54, 1.807) is 11.8 Å². The molecule has 0 saturated carbocycles. The van der Waals surface area contributed by atoms with Crippen LogP contribution in [0.4, 0.5) is 0 Å². The quantitative estimate of drug-likeness (QED) is 0.687. The Bertz CT molecular complexity index is 285. The molecular weight excluding hydrogens is 192 g/mol. The lowest BCUT2D eigenvalue weighted by molar-refractivity contribution is -0.146. The van der Waals surface area contributed by atoms with E-state index >= 15 is 0 Å². The SMILES string of the molecule is CCC(C)(C#N)C(=O)N1CCOCC1C. The fraction of sp³-hybridized carbons (Fsp3) is 0.818. The summed E-state index contributed by atoms with van der Waals surface area (Å²) >= 11 is 0. The number of carbonyl (C=O) groups is 1. The molecule has 0 aromatic rings. The monoisotopic (exact) mass is 210 g/mol. The van der Waals surface area contributed by atoms with Crippen LogP contribution in [0.2, 0.25) is 0 Å². The van der Waals surface area contributed by atoms with Gasteiger partial charge in [0.25, 0.3) is 0 Å². The summed E-state index contributed by atoms with van der Waals surface area (Å²) in [6, 6.07) is 2.19. The molecule has 1 amide bonds. The predicted molar refractivity (Wildman–Crippen MR) is 56.0 cm³/mol. The van der Waals surface area contributed by atoms with E-state index in [0.717, 1.165) is 0 Å². The fourth-order valence-corrected chi connectivity index (χ4v) is 1.62. The van der Waals surface area contributed by atoms with E-state index in [1.165, 1.54) is 0 Å². The normalized spacial score (nSPS) is 25.5. The molecule has 4 heteroatoms. The Morgan fingerprint density at radius 2 is 2.40 bits per heavy atom. The molecule has 0 bridgehead atoms. The summed E-state index contributed by atoms with van der Waals surface area (Å²) in [4.78, 5) is 13.9. The lowest BCUT2D eigenvalue weighted by Gasteiger charge is -2.37. The van der Waals surface area contributed by atoms with E-state index in [9.17, 15) is 4.79 Å². The molecule has 1 heterocycles. The van der Waals surface area contributed by atoms with E-state index in [-0.39, 0.29) is 11.9 Å². The van der Waals surface area contributed by atoms with Gasteiger partial charge >= 0.3 is 0 Å². The van der Waals surface area contributed by atoms with Crippen molar-refractivity contribution in [2.75, 3.05) is 19.8 Å². The number of nitriles is 1. The van der Waals surface area contributed by atoms with Gasteiger partial charge in [0, 0.05) is 6.54 Å². The Morgan fingerprint density at radius 3 is 2.87 bits per heavy atom. The molecule has 4 nitrogen and oxygen atoms in total. The summed E-state index contributed by atoms with van der Waals surface area (Å²) in [5, 5.41) is 9.04. The van der Waals surface area contributed by atoms with Gasteiger partial charge in [-0.2, -0.15) is 5.26 Å². The summed E-state index contributed by atoms with van der Waals surface area (Å²) in [7, 11) is 0. The first kappa shape index (κ1) is 12.0. The van der Waals surface area contributed by atoms with E-state index in [4.69, 9.17) is 10.00 Å². The second-order valence-corrected chi connectivity index (χ2v) is 4.22. The van der Waals surface area contributed by atoms with Crippen molar-refractivity contribution < 1.29 is 9.53 Å². The second-order valence-electron chi connectivity index (χ2n) is 4.22. The van der Waals surface area contributed by atoms with Gasteiger partial charge in [-0.05, 0) is 20.3 Å². The molecule has 0 N–H and O–H groups in total. The Balaban J connectivity index is 2.79. The molecule has 0 aliphatic carbocycles. The minimum atomic E-state index is -0.883. The zero-order valence-corrected chi connectivity index (χ0v) is 9.62. The highest BCUT2D eigenvalue weighted by Gasteiger charge is 2.37. The number of morpholine rings is 1. The number of nitrogens with zero attached hydrogens (tertiary/aromatic N) is 2. The van der Waals surface area contributed by atoms with Crippen molar-refractivity contribution >= 4 is 5.91 Å². The van der Waals surface area contributed by atoms with Crippen molar-refractivity contribution in [3.8, 4) is 6.07 Å². The molecule has 1 rings (SSSR count). The topological polar surface area (TPSA) is 53.3 Å². The van der Waals surface area contributed by atoms with Crippen molar-refractivity contribution in [3.63, 3.8) is 0 Å². The summed E-state index contributed by atoms with van der Waals surface area (Å²) in [5.41, 5.74) is -0.883. The maximum absolute atomic E-state index is 12.1. The van der Waals surface area contributed by atoms with Crippen molar-refractivity contribution in [1.82, 2.24) is 4.90 Å². The van der Waals surface area contributed by atoms with E-state index in [0.29, 0.717) is 26.2 Å². The highest BCUT2D eigenvalue weighted by Crippen LogP contribution is 2.25. The van der Waals surface area contributed by atoms with Crippen LogP contribution >= 0.6 is 0 Å². The predicted octanol–water partition coefficient (Wildman–Crippen LogP) is 1.17. The highest BCUT2D eigenvalue weighted by atomic mass is 16.5. The van der Waals surface area contributed by atoms with Gasteiger partial charge < -0.3 is 9.64 Å². The molecule has 84 valence electrons. The van der Waals surface area contributed by atoms with Gasteiger partial charge in [0.05, 0.1) is 25.3 Å². The Hall–Kier alpha value is -1.08. The molecule has 0 spiro atoms. The van der Waals surface area contributed by atoms with Gasteiger partial charge in [-0.25, -0.2) is 0 Å². The molecule has 0 aromatic heterocycles. The van der Waals surface area contributed by atoms with E-state index in [2.05, 4.69) is 6.07 Å². The number of amides is 1. The van der Waals surface area contributed by atoms with Gasteiger partial charge in [-0.15, -0.1) is 0 Å². The van der Waals surface area contributed by atoms with Gasteiger partial charge in [0.1, 0.15) is 5.41 Å². The molecule has 2 unspecified atom stereocenters. The number of hydrogen-bond acceptors (Lipinski definition) is 3. The first-order valence-electron chi connectivity index (χ1n) is 5.35. The summed E-state index contributed by atoms with van der Waals surface area (Å²) in [5.74, 6) is -0.0664. The number of ether oxygens (including phenoxy) is 1. The first-order chi connectivity index (χ1) is 7.05. The maximum Gasteiger partial charge on any atom is 0.243 e. The third-order valence-electron chi connectivity index (χ3n) is 3.05. The first-order valence-corrected chi connectivity index (χ1v) is 5.35. The van der Waals surface area contributed by atoms with Gasteiger partial charge in [-0.1, -0.05) is 6.92 Å². The lowest BCUT2D eigenvalue weighted by Crippen LogP contribution is -2.51. The van der Waals surface area contributed by atoms with Crippen LogP contribution in [0.3, 0.4) is 0 Å². The molecule has 1 fully saturated rings. The smallest absolute Gasteiger partial charge is 0.243 e. The third kappa shape index (κ3) is 2.29. The molecule has 2 atom stereocenters. The van der Waals surface area contributed by atoms with Crippen molar-refractivity contribution in [1.29, 1.82) is 5.26 Å². The molecule has 0 radical (unpaired) electrons. The van der Waals surface area contributed by atoms with Crippen LogP contribution in [0.25, 0.3) is 0 Å². The van der Waals surface area contributed by atoms with Crippen LogP contribution in [-0.2, 0) is 9.53 Å². The van der Waals surface area contributed by atoms with Crippen LogP contribution in [-0.4, -0.2) is 36.6 Å². The number of rotatable bonds is 2. The molecule has 1 saturated heterocycles. The molecular formula is C11H18N2O2. The summed E-state index contributed by atoms with van der Waals surface area (Å²) in [6.45, 7) is 7.25. The molecule has 15 heavy (non-hydrogen) atoms. The van der Waals surface area contributed by atoms with Gasteiger partial charge in [-0.3, -0.25) is 4.79 Å². The van der Waals surface area contributed by atoms with Gasteiger partial charge in [0.15, 0.2) is 0 Å². The fourth-order valence-electron chi connectivity index (χ4n) is 1.62. The lowest BCUT2D eigenvalue weighted by atomic mass is 9.87. The average Bonchev–Trinajstić information content (AvgIpc) is 2.28. The van der Waals surface area contributed by atoms with Crippen LogP contribution in [0, 0.1) is 16.7 Å². The average molecular weight is 210 g/mol. The summed E-state index contributed by atoms with van der Waals surface area (Å²) < 4.78 is 5.27. The molecule has 1 aliphatic heterocycles. The van der Waals surface area contributed by atoms with Crippen molar-refractivity contribution in [2.45, 2.75) is 33.2 Å². The zero-order valence-electron chi connectivity index (χ0n) is 9.62. The zero-order chi connectivity index (χ0) is 11.5. The number of carbonyl (C=O) groups excluding carboxylic acids is 1. The standard InChI is InChI=1S/C11H18N2O2/c1-4-11(3,8-12)10(14)13-5-6-15-7-9(13)2/h9H,4-7H2,1-3H3. The molecule has 0 aromatic carbocycles. The largest absolute Gasteiger partial charge is 0.377 e. The summed E-state index contributed by atoms with van der Waals surface area (Å²) in [6.07, 6.45) is 0.548. The second kappa shape index (κ2) is 4.63. The Labute approximate surface area is 90.8 Å². The van der Waals surface area contributed by atoms with Crippen molar-refractivity contribution in [2.24, 2.45) is 5.41 Å². The van der Waals surface area contributed by atoms with Crippen LogP contribution in [0.15, 0.2) is 0 Å². The highest BCUT2D eigenvalue weighted by molar-refractivity contribution is 5.85. The number of hydrogen-bond donors (Lipinski definition) is 0. The van der Waals surface area contributed by atoms with Crippen LogP contribution < -0.4 is 0 Å². The minimum Gasteiger partial charge on any atom is -0.377 e. The van der Waals surface area contributed by atoms with E-state index in [1.807, 2.05) is 13.8 Å².